The lowest BCUT2D eigenvalue weighted by atomic mass is 10.1. The van der Waals surface area contributed by atoms with Gasteiger partial charge in [-0.1, -0.05) is 13.0 Å². The van der Waals surface area contributed by atoms with Crippen molar-refractivity contribution in [3.8, 4) is 0 Å². The van der Waals surface area contributed by atoms with Crippen LogP contribution in [-0.4, -0.2) is 17.9 Å². The molecule has 1 aromatic carbocycles. The molecule has 0 bridgehead atoms. The number of hydrogen-bond donors (Lipinski definition) is 1. The summed E-state index contributed by atoms with van der Waals surface area (Å²) < 4.78 is 13.7. The molecule has 17 heavy (non-hydrogen) atoms. The summed E-state index contributed by atoms with van der Waals surface area (Å²) in [5.41, 5.74) is 1.51. The Hall–Kier alpha value is -1.97. The monoisotopic (exact) mass is 232 g/mol. The van der Waals surface area contributed by atoms with E-state index in [2.05, 4.69) is 10.3 Å². The van der Waals surface area contributed by atoms with Crippen molar-refractivity contribution in [2.75, 3.05) is 7.05 Å². The van der Waals surface area contributed by atoms with Crippen LogP contribution in [-0.2, 0) is 6.42 Å². The largest absolute Gasteiger partial charge is 0.355 e. The van der Waals surface area contributed by atoms with E-state index in [-0.39, 0.29) is 11.4 Å². The van der Waals surface area contributed by atoms with E-state index in [1.54, 1.807) is 13.1 Å². The maximum atomic E-state index is 13.7. The molecule has 0 aliphatic carbocycles. The third-order valence-electron chi connectivity index (χ3n) is 2.70. The van der Waals surface area contributed by atoms with Gasteiger partial charge in [0.2, 0.25) is 0 Å². The quantitative estimate of drug-likeness (QED) is 0.863. The fourth-order valence-electron chi connectivity index (χ4n) is 1.75. The number of fused-ring (bicyclic) bond motifs is 1. The Morgan fingerprint density at radius 3 is 2.76 bits per heavy atom. The molecule has 3 nitrogen and oxygen atoms in total. The molecule has 2 aromatic rings. The number of aromatic nitrogens is 1. The van der Waals surface area contributed by atoms with Crippen molar-refractivity contribution in [2.45, 2.75) is 13.3 Å². The number of rotatable bonds is 2. The van der Waals surface area contributed by atoms with Crippen molar-refractivity contribution in [2.24, 2.45) is 0 Å². The van der Waals surface area contributed by atoms with E-state index in [1.165, 1.54) is 12.1 Å². The number of aryl methyl sites for hydroxylation is 1. The summed E-state index contributed by atoms with van der Waals surface area (Å²) in [6.07, 6.45) is 0.736. The Labute approximate surface area is 98.7 Å². The van der Waals surface area contributed by atoms with Crippen molar-refractivity contribution < 1.29 is 9.18 Å². The number of nitrogens with zero attached hydrogens (tertiary/aromatic N) is 1. The van der Waals surface area contributed by atoms with Gasteiger partial charge in [-0.05, 0) is 24.6 Å². The zero-order chi connectivity index (χ0) is 12.4. The molecule has 0 radical (unpaired) electrons. The van der Waals surface area contributed by atoms with Crippen molar-refractivity contribution >= 4 is 16.8 Å². The molecule has 1 amide bonds. The van der Waals surface area contributed by atoms with E-state index < -0.39 is 5.82 Å². The highest BCUT2D eigenvalue weighted by Crippen LogP contribution is 2.21. The molecule has 0 saturated heterocycles. The van der Waals surface area contributed by atoms with Crippen LogP contribution < -0.4 is 5.32 Å². The van der Waals surface area contributed by atoms with Gasteiger partial charge in [0, 0.05) is 23.7 Å². The normalized spacial score (nSPS) is 10.5. The van der Waals surface area contributed by atoms with E-state index in [1.807, 2.05) is 13.0 Å². The molecule has 1 heterocycles. The molecule has 0 unspecified atom stereocenters. The average molecular weight is 232 g/mol. The van der Waals surface area contributed by atoms with Crippen molar-refractivity contribution in [1.82, 2.24) is 10.3 Å². The molecule has 2 rings (SSSR count). The van der Waals surface area contributed by atoms with Gasteiger partial charge in [-0.15, -0.1) is 0 Å². The first kappa shape index (κ1) is 11.5. The van der Waals surface area contributed by atoms with Crippen LogP contribution in [0.15, 0.2) is 24.3 Å². The second-order valence-electron chi connectivity index (χ2n) is 3.73. The summed E-state index contributed by atoms with van der Waals surface area (Å²) in [4.78, 5) is 15.8. The Morgan fingerprint density at radius 2 is 2.12 bits per heavy atom. The van der Waals surface area contributed by atoms with Gasteiger partial charge in [-0.3, -0.25) is 4.79 Å². The van der Waals surface area contributed by atoms with Crippen LogP contribution >= 0.6 is 0 Å². The van der Waals surface area contributed by atoms with Gasteiger partial charge in [0.1, 0.15) is 11.3 Å². The van der Waals surface area contributed by atoms with Crippen LogP contribution in [0.1, 0.15) is 23.0 Å². The number of halogens is 1. The van der Waals surface area contributed by atoms with Gasteiger partial charge in [0.05, 0.1) is 0 Å². The lowest BCUT2D eigenvalue weighted by Crippen LogP contribution is -2.18. The molecule has 0 spiro atoms. The van der Waals surface area contributed by atoms with Gasteiger partial charge in [0.25, 0.3) is 5.91 Å². The summed E-state index contributed by atoms with van der Waals surface area (Å²) in [5.74, 6) is -0.635. The lowest BCUT2D eigenvalue weighted by molar-refractivity contribution is 0.0964. The van der Waals surface area contributed by atoms with Crippen LogP contribution in [0.5, 0.6) is 0 Å². The molecule has 1 N–H and O–H groups in total. The standard InChI is InChI=1S/C13H13FN2O/c1-3-8-4-5-9-10(13(17)15-2)6-7-11(14)12(9)16-8/h4-7H,3H2,1-2H3,(H,15,17). The minimum Gasteiger partial charge on any atom is -0.355 e. The average Bonchev–Trinajstić information content (AvgIpc) is 2.38. The molecule has 88 valence electrons. The van der Waals surface area contributed by atoms with E-state index in [0.29, 0.717) is 10.9 Å². The minimum absolute atomic E-state index is 0.235. The van der Waals surface area contributed by atoms with Crippen LogP contribution in [0.2, 0.25) is 0 Å². The molecule has 0 aliphatic heterocycles. The third kappa shape index (κ3) is 1.98. The van der Waals surface area contributed by atoms with E-state index in [0.717, 1.165) is 12.1 Å². The fraction of sp³-hybridized carbons (Fsp3) is 0.231. The number of carbonyl (C=O) groups excluding carboxylic acids is 1. The number of hydrogen-bond acceptors (Lipinski definition) is 2. The van der Waals surface area contributed by atoms with E-state index in [4.69, 9.17) is 0 Å². The zero-order valence-corrected chi connectivity index (χ0v) is 9.75. The highest BCUT2D eigenvalue weighted by Gasteiger charge is 2.12. The third-order valence-corrected chi connectivity index (χ3v) is 2.70. The summed E-state index contributed by atoms with van der Waals surface area (Å²) in [7, 11) is 1.55. The number of nitrogens with one attached hydrogen (secondary N) is 1. The molecule has 0 atom stereocenters. The SMILES string of the molecule is CCc1ccc2c(C(=O)NC)ccc(F)c2n1. The molecule has 0 aliphatic rings. The minimum atomic E-state index is -0.400. The molecular weight excluding hydrogens is 219 g/mol. The number of benzene rings is 1. The first-order valence-corrected chi connectivity index (χ1v) is 5.47. The summed E-state index contributed by atoms with van der Waals surface area (Å²) in [6, 6.07) is 6.31. The molecule has 4 heteroatoms. The van der Waals surface area contributed by atoms with Gasteiger partial charge in [0.15, 0.2) is 0 Å². The molecule has 0 saturated carbocycles. The maximum absolute atomic E-state index is 13.7. The highest BCUT2D eigenvalue weighted by molar-refractivity contribution is 6.06. The van der Waals surface area contributed by atoms with Crippen LogP contribution in [0.4, 0.5) is 4.39 Å². The van der Waals surface area contributed by atoms with Crippen molar-refractivity contribution in [1.29, 1.82) is 0 Å². The second-order valence-corrected chi connectivity index (χ2v) is 3.73. The van der Waals surface area contributed by atoms with Gasteiger partial charge < -0.3 is 5.32 Å². The summed E-state index contributed by atoms with van der Waals surface area (Å²) in [6.45, 7) is 1.95. The van der Waals surface area contributed by atoms with Gasteiger partial charge in [-0.25, -0.2) is 9.37 Å². The zero-order valence-electron chi connectivity index (χ0n) is 9.75. The summed E-state index contributed by atoms with van der Waals surface area (Å²) >= 11 is 0. The van der Waals surface area contributed by atoms with Crippen LogP contribution in [0.25, 0.3) is 10.9 Å². The fourth-order valence-corrected chi connectivity index (χ4v) is 1.75. The number of amides is 1. The lowest BCUT2D eigenvalue weighted by Gasteiger charge is -2.07. The number of carbonyl (C=O) groups is 1. The Balaban J connectivity index is 2.73. The molecule has 1 aromatic heterocycles. The maximum Gasteiger partial charge on any atom is 0.251 e. The molecule has 0 fully saturated rings. The van der Waals surface area contributed by atoms with Crippen LogP contribution in [0.3, 0.4) is 0 Å². The Morgan fingerprint density at radius 1 is 1.35 bits per heavy atom. The van der Waals surface area contributed by atoms with Gasteiger partial charge >= 0.3 is 0 Å². The first-order valence-electron chi connectivity index (χ1n) is 5.47. The van der Waals surface area contributed by atoms with E-state index in [9.17, 15) is 9.18 Å². The Bertz CT molecular complexity index is 581. The summed E-state index contributed by atoms with van der Waals surface area (Å²) in [5, 5.41) is 3.08. The van der Waals surface area contributed by atoms with Crippen molar-refractivity contribution in [3.63, 3.8) is 0 Å². The predicted octanol–water partition coefficient (Wildman–Crippen LogP) is 2.30. The van der Waals surface area contributed by atoms with Crippen molar-refractivity contribution in [3.05, 3.63) is 41.3 Å². The first-order chi connectivity index (χ1) is 8.17. The molecular formula is C13H13FN2O. The Kier molecular flexibility index (Phi) is 3.04. The highest BCUT2D eigenvalue weighted by atomic mass is 19.1. The number of pyridine rings is 1. The topological polar surface area (TPSA) is 42.0 Å². The predicted molar refractivity (Wildman–Crippen MR) is 64.5 cm³/mol. The van der Waals surface area contributed by atoms with Gasteiger partial charge in [-0.2, -0.15) is 0 Å². The van der Waals surface area contributed by atoms with E-state index >= 15 is 0 Å². The second kappa shape index (κ2) is 4.49. The smallest absolute Gasteiger partial charge is 0.251 e. The van der Waals surface area contributed by atoms with Crippen LogP contribution in [0, 0.1) is 5.82 Å².